The normalized spacial score (nSPS) is 11.4. The molecule has 0 unspecified atom stereocenters. The first kappa shape index (κ1) is 17.6. The average Bonchev–Trinajstić information content (AvgIpc) is 3.19. The highest BCUT2D eigenvalue weighted by Gasteiger charge is 2.16. The number of pyridine rings is 1. The van der Waals surface area contributed by atoms with Crippen LogP contribution in [0.25, 0.3) is 16.9 Å². The van der Waals surface area contributed by atoms with Gasteiger partial charge in [-0.1, -0.05) is 35.5 Å². The van der Waals surface area contributed by atoms with Crippen LogP contribution in [0.2, 0.25) is 5.02 Å². The molecule has 0 fully saturated rings. The standard InChI is InChI=1S/C17H15ClN6O2S/c1-9-14-12(22-23(2)15(14)26)7-13(25)24(9)16-19-17(21-20-16)27-8-10-3-5-11(18)6-4-10/h3-7,22H,8H2,1-2H3,(H,19,20,21). The van der Waals surface area contributed by atoms with E-state index >= 15 is 0 Å². The smallest absolute Gasteiger partial charge is 0.275 e. The third-order valence-electron chi connectivity index (χ3n) is 4.21. The highest BCUT2D eigenvalue weighted by atomic mass is 35.5. The molecule has 1 aromatic carbocycles. The molecule has 0 bridgehead atoms. The Labute approximate surface area is 162 Å². The van der Waals surface area contributed by atoms with Crippen molar-refractivity contribution in [2.45, 2.75) is 17.8 Å². The topological polar surface area (TPSA) is 101 Å². The van der Waals surface area contributed by atoms with E-state index < -0.39 is 0 Å². The van der Waals surface area contributed by atoms with Gasteiger partial charge in [0.05, 0.1) is 10.9 Å². The summed E-state index contributed by atoms with van der Waals surface area (Å²) >= 11 is 7.32. The highest BCUT2D eigenvalue weighted by Crippen LogP contribution is 2.21. The minimum atomic E-state index is -0.299. The Hall–Kier alpha value is -2.78. The van der Waals surface area contributed by atoms with E-state index in [-0.39, 0.29) is 17.1 Å². The number of nitrogens with one attached hydrogen (secondary N) is 2. The number of fused-ring (bicyclic) bond motifs is 1. The summed E-state index contributed by atoms with van der Waals surface area (Å²) in [4.78, 5) is 29.2. The minimum absolute atomic E-state index is 0.201. The number of H-pyrrole nitrogens is 2. The molecule has 2 N–H and O–H groups in total. The summed E-state index contributed by atoms with van der Waals surface area (Å²) < 4.78 is 2.70. The number of hydrogen-bond acceptors (Lipinski definition) is 5. The third kappa shape index (κ3) is 3.19. The van der Waals surface area contributed by atoms with Gasteiger partial charge in [0.2, 0.25) is 11.1 Å². The minimum Gasteiger partial charge on any atom is -0.295 e. The third-order valence-corrected chi connectivity index (χ3v) is 5.38. The lowest BCUT2D eigenvalue weighted by Gasteiger charge is -2.05. The molecule has 0 atom stereocenters. The Bertz CT molecular complexity index is 1250. The first-order valence-corrected chi connectivity index (χ1v) is 9.42. The maximum Gasteiger partial charge on any atom is 0.275 e. The number of thioether (sulfide) groups is 1. The summed E-state index contributed by atoms with van der Waals surface area (Å²) in [5.41, 5.74) is 1.59. The van der Waals surface area contributed by atoms with Gasteiger partial charge < -0.3 is 0 Å². The Balaban J connectivity index is 1.67. The Kier molecular flexibility index (Phi) is 4.40. The molecule has 27 heavy (non-hydrogen) atoms. The Morgan fingerprint density at radius 1 is 1.22 bits per heavy atom. The molecule has 0 saturated carbocycles. The largest absolute Gasteiger partial charge is 0.295 e. The molecule has 3 aromatic heterocycles. The fraction of sp³-hybridized carbons (Fsp3) is 0.176. The van der Waals surface area contributed by atoms with E-state index in [0.717, 1.165) is 5.56 Å². The molecule has 0 radical (unpaired) electrons. The molecule has 0 spiro atoms. The molecular formula is C17H15ClN6O2S. The van der Waals surface area contributed by atoms with Crippen LogP contribution >= 0.6 is 23.4 Å². The summed E-state index contributed by atoms with van der Waals surface area (Å²) in [5.74, 6) is 0.945. The van der Waals surface area contributed by atoms with Crippen LogP contribution in [-0.4, -0.2) is 29.5 Å². The molecule has 0 aliphatic carbocycles. The summed E-state index contributed by atoms with van der Waals surface area (Å²) in [7, 11) is 1.61. The summed E-state index contributed by atoms with van der Waals surface area (Å²) in [6.45, 7) is 1.71. The zero-order valence-electron chi connectivity index (χ0n) is 14.5. The van der Waals surface area contributed by atoms with Gasteiger partial charge >= 0.3 is 0 Å². The van der Waals surface area contributed by atoms with Crippen molar-refractivity contribution in [3.63, 3.8) is 0 Å². The zero-order chi connectivity index (χ0) is 19.1. The van der Waals surface area contributed by atoms with E-state index in [9.17, 15) is 9.59 Å². The lowest BCUT2D eigenvalue weighted by Crippen LogP contribution is -2.22. The lowest BCUT2D eigenvalue weighted by molar-refractivity contribution is 0.751. The molecular weight excluding hydrogens is 388 g/mol. The first-order chi connectivity index (χ1) is 12.9. The fourth-order valence-corrected chi connectivity index (χ4v) is 3.76. The van der Waals surface area contributed by atoms with E-state index in [4.69, 9.17) is 11.6 Å². The van der Waals surface area contributed by atoms with E-state index in [1.165, 1.54) is 27.1 Å². The van der Waals surface area contributed by atoms with E-state index in [1.54, 1.807) is 14.0 Å². The van der Waals surface area contributed by atoms with Crippen LogP contribution in [0.4, 0.5) is 0 Å². The quantitative estimate of drug-likeness (QED) is 0.510. The number of benzene rings is 1. The molecule has 4 rings (SSSR count). The van der Waals surface area contributed by atoms with Crippen molar-refractivity contribution in [2.24, 2.45) is 7.05 Å². The van der Waals surface area contributed by atoms with Gasteiger partial charge in [-0.3, -0.25) is 19.4 Å². The van der Waals surface area contributed by atoms with Gasteiger partial charge in [0.1, 0.15) is 0 Å². The molecule has 0 aliphatic heterocycles. The van der Waals surface area contributed by atoms with Crippen LogP contribution in [-0.2, 0) is 12.8 Å². The second kappa shape index (κ2) is 6.75. The van der Waals surface area contributed by atoms with Crippen LogP contribution < -0.4 is 11.1 Å². The summed E-state index contributed by atoms with van der Waals surface area (Å²) in [6.07, 6.45) is 0. The van der Waals surface area contributed by atoms with Crippen LogP contribution in [0.15, 0.2) is 45.1 Å². The Morgan fingerprint density at radius 3 is 2.70 bits per heavy atom. The van der Waals surface area contributed by atoms with Crippen LogP contribution in [0.3, 0.4) is 0 Å². The predicted molar refractivity (Wildman–Crippen MR) is 105 cm³/mol. The number of hydrogen-bond donors (Lipinski definition) is 2. The molecule has 138 valence electrons. The maximum absolute atomic E-state index is 12.5. The second-order valence-electron chi connectivity index (χ2n) is 6.02. The number of aromatic nitrogens is 6. The van der Waals surface area contributed by atoms with Gasteiger partial charge in [-0.2, -0.15) is 4.98 Å². The van der Waals surface area contributed by atoms with Gasteiger partial charge in [-0.05, 0) is 24.6 Å². The number of aromatic amines is 2. The van der Waals surface area contributed by atoms with E-state index in [1.807, 2.05) is 24.3 Å². The van der Waals surface area contributed by atoms with E-state index in [0.29, 0.717) is 32.5 Å². The van der Waals surface area contributed by atoms with Gasteiger partial charge in [-0.15, -0.1) is 5.10 Å². The van der Waals surface area contributed by atoms with Crippen molar-refractivity contribution in [1.82, 2.24) is 29.5 Å². The maximum atomic E-state index is 12.5. The second-order valence-corrected chi connectivity index (χ2v) is 7.40. The van der Waals surface area contributed by atoms with Gasteiger partial charge in [0.15, 0.2) is 0 Å². The van der Waals surface area contributed by atoms with Crippen molar-refractivity contribution >= 4 is 34.3 Å². The van der Waals surface area contributed by atoms with Crippen molar-refractivity contribution in [2.75, 3.05) is 0 Å². The molecule has 8 nitrogen and oxygen atoms in total. The number of aryl methyl sites for hydroxylation is 2. The number of nitrogens with zero attached hydrogens (tertiary/aromatic N) is 4. The molecule has 0 aliphatic rings. The zero-order valence-corrected chi connectivity index (χ0v) is 16.1. The fourth-order valence-electron chi connectivity index (χ4n) is 2.88. The predicted octanol–water partition coefficient (Wildman–Crippen LogP) is 2.39. The van der Waals surface area contributed by atoms with Gasteiger partial charge in [0.25, 0.3) is 11.1 Å². The van der Waals surface area contributed by atoms with Crippen LogP contribution in [0.5, 0.6) is 0 Å². The first-order valence-electron chi connectivity index (χ1n) is 8.05. The average molecular weight is 403 g/mol. The number of halogens is 1. The summed E-state index contributed by atoms with van der Waals surface area (Å²) in [5, 5.41) is 11.5. The Morgan fingerprint density at radius 2 is 1.96 bits per heavy atom. The van der Waals surface area contributed by atoms with Crippen LogP contribution in [0, 0.1) is 6.92 Å². The van der Waals surface area contributed by atoms with Crippen molar-refractivity contribution < 1.29 is 0 Å². The van der Waals surface area contributed by atoms with Crippen LogP contribution in [0.1, 0.15) is 11.3 Å². The molecule has 0 amide bonds. The molecule has 0 saturated heterocycles. The molecule has 3 heterocycles. The lowest BCUT2D eigenvalue weighted by atomic mass is 10.2. The van der Waals surface area contributed by atoms with Crippen molar-refractivity contribution in [3.8, 4) is 5.95 Å². The molecule has 4 aromatic rings. The monoisotopic (exact) mass is 402 g/mol. The van der Waals surface area contributed by atoms with Crippen molar-refractivity contribution in [3.05, 3.63) is 67.3 Å². The highest BCUT2D eigenvalue weighted by molar-refractivity contribution is 7.98. The van der Waals surface area contributed by atoms with Gasteiger partial charge in [-0.25, -0.2) is 9.67 Å². The van der Waals surface area contributed by atoms with Gasteiger partial charge in [0, 0.05) is 29.6 Å². The van der Waals surface area contributed by atoms with E-state index in [2.05, 4.69) is 20.3 Å². The molecule has 10 heteroatoms. The SMILES string of the molecule is Cc1c2c(=O)n(C)[nH]c2cc(=O)n1-c1nc(SCc2ccc(Cl)cc2)n[nH]1. The van der Waals surface area contributed by atoms with Crippen molar-refractivity contribution in [1.29, 1.82) is 0 Å². The summed E-state index contributed by atoms with van der Waals surface area (Å²) in [6, 6.07) is 8.92. The number of rotatable bonds is 4.